The van der Waals surface area contributed by atoms with Gasteiger partial charge in [0.2, 0.25) is 5.69 Å². The van der Waals surface area contributed by atoms with Crippen LogP contribution < -0.4 is 4.73 Å². The summed E-state index contributed by atoms with van der Waals surface area (Å²) in [7, 11) is 0. The standard InChI is InChI=1S/C17H19NO2.BrH/c1-12-10-16(18(20)11-13(12)2)17(19)9-5-7-14-6-3-4-8-15(14)17;/h3-4,6,8,10-11,19H,5,7,9H2,1-2H3;1H. The molecule has 1 atom stereocenters. The molecule has 1 N–H and O–H groups in total. The summed E-state index contributed by atoms with van der Waals surface area (Å²) < 4.78 is 0.824. The molecular weight excluding hydrogens is 330 g/mol. The third kappa shape index (κ3) is 2.58. The molecule has 1 aliphatic carbocycles. The Morgan fingerprint density at radius 3 is 2.67 bits per heavy atom. The number of aromatic nitrogens is 1. The summed E-state index contributed by atoms with van der Waals surface area (Å²) >= 11 is 0. The lowest BCUT2D eigenvalue weighted by molar-refractivity contribution is -0.622. The van der Waals surface area contributed by atoms with E-state index >= 15 is 0 Å². The first-order valence-electron chi connectivity index (χ1n) is 7.04. The van der Waals surface area contributed by atoms with E-state index in [-0.39, 0.29) is 17.0 Å². The number of pyridine rings is 1. The average Bonchev–Trinajstić information content (AvgIpc) is 2.43. The molecule has 0 bridgehead atoms. The zero-order valence-corrected chi connectivity index (χ0v) is 14.0. The molecule has 1 heterocycles. The summed E-state index contributed by atoms with van der Waals surface area (Å²) in [5.41, 5.74) is 3.25. The van der Waals surface area contributed by atoms with E-state index in [1.807, 2.05) is 44.2 Å². The lowest BCUT2D eigenvalue weighted by Gasteiger charge is -2.33. The van der Waals surface area contributed by atoms with Crippen molar-refractivity contribution in [1.82, 2.24) is 0 Å². The maximum atomic E-state index is 12.3. The van der Waals surface area contributed by atoms with Crippen LogP contribution in [-0.4, -0.2) is 5.11 Å². The van der Waals surface area contributed by atoms with Crippen molar-refractivity contribution in [3.05, 3.63) is 69.7 Å². The second-order valence-corrected chi connectivity index (χ2v) is 5.72. The number of fused-ring (bicyclic) bond motifs is 1. The predicted octanol–water partition coefficient (Wildman–Crippen LogP) is 3.09. The Morgan fingerprint density at radius 2 is 1.90 bits per heavy atom. The molecule has 0 amide bonds. The molecule has 0 aliphatic heterocycles. The van der Waals surface area contributed by atoms with Gasteiger partial charge >= 0.3 is 0 Å². The van der Waals surface area contributed by atoms with E-state index < -0.39 is 5.60 Å². The zero-order chi connectivity index (χ0) is 14.3. The van der Waals surface area contributed by atoms with Crippen LogP contribution in [0.3, 0.4) is 0 Å². The van der Waals surface area contributed by atoms with Crippen LogP contribution in [-0.2, 0) is 12.0 Å². The van der Waals surface area contributed by atoms with Crippen molar-refractivity contribution in [3.8, 4) is 0 Å². The average molecular weight is 350 g/mol. The Kier molecular flexibility index (Phi) is 4.40. The molecule has 0 saturated carbocycles. The fourth-order valence-corrected chi connectivity index (χ4v) is 3.11. The van der Waals surface area contributed by atoms with Gasteiger partial charge in [0, 0.05) is 11.6 Å². The summed E-state index contributed by atoms with van der Waals surface area (Å²) in [5.74, 6) is 0. The van der Waals surface area contributed by atoms with Gasteiger partial charge in [0.05, 0.1) is 0 Å². The van der Waals surface area contributed by atoms with Gasteiger partial charge in [0.15, 0.2) is 11.8 Å². The molecule has 1 aromatic heterocycles. The van der Waals surface area contributed by atoms with Gasteiger partial charge in [0.1, 0.15) is 0 Å². The highest BCUT2D eigenvalue weighted by molar-refractivity contribution is 8.93. The SMILES string of the molecule is Br.Cc1cc(C2(O)CCCc3ccccc32)[n+]([O-])cc1C. The molecule has 2 aromatic rings. The third-order valence-electron chi connectivity index (χ3n) is 4.39. The highest BCUT2D eigenvalue weighted by atomic mass is 79.9. The molecule has 3 nitrogen and oxygen atoms in total. The number of aliphatic hydroxyl groups is 1. The first-order valence-corrected chi connectivity index (χ1v) is 7.04. The van der Waals surface area contributed by atoms with Crippen LogP contribution in [0.15, 0.2) is 36.5 Å². The normalized spacial score (nSPS) is 20.5. The van der Waals surface area contributed by atoms with Crippen molar-refractivity contribution >= 4 is 17.0 Å². The molecule has 1 aromatic carbocycles. The third-order valence-corrected chi connectivity index (χ3v) is 4.39. The lowest BCUT2D eigenvalue weighted by atomic mass is 9.76. The van der Waals surface area contributed by atoms with Crippen LogP contribution in [0, 0.1) is 19.1 Å². The zero-order valence-electron chi connectivity index (χ0n) is 12.3. The van der Waals surface area contributed by atoms with E-state index in [0.29, 0.717) is 12.1 Å². The Morgan fingerprint density at radius 1 is 1.19 bits per heavy atom. The number of hydrogen-bond acceptors (Lipinski definition) is 2. The highest BCUT2D eigenvalue weighted by Gasteiger charge is 2.42. The highest BCUT2D eigenvalue weighted by Crippen LogP contribution is 2.39. The number of aryl methyl sites for hydroxylation is 3. The van der Waals surface area contributed by atoms with Crippen LogP contribution >= 0.6 is 17.0 Å². The Balaban J connectivity index is 0.00000161. The molecular formula is C17H20BrNO2. The van der Waals surface area contributed by atoms with Gasteiger partial charge in [-0.15, -0.1) is 17.0 Å². The van der Waals surface area contributed by atoms with Gasteiger partial charge in [-0.3, -0.25) is 0 Å². The minimum atomic E-state index is -1.17. The monoisotopic (exact) mass is 349 g/mol. The number of nitrogens with zero attached hydrogens (tertiary/aromatic N) is 1. The summed E-state index contributed by atoms with van der Waals surface area (Å²) in [6, 6.07) is 9.70. The minimum absolute atomic E-state index is 0. The summed E-state index contributed by atoms with van der Waals surface area (Å²) in [4.78, 5) is 0. The van der Waals surface area contributed by atoms with E-state index in [1.165, 1.54) is 0 Å². The molecule has 0 radical (unpaired) electrons. The van der Waals surface area contributed by atoms with E-state index in [4.69, 9.17) is 0 Å². The van der Waals surface area contributed by atoms with Crippen LogP contribution in [0.25, 0.3) is 0 Å². The Labute approximate surface area is 135 Å². The van der Waals surface area contributed by atoms with Crippen molar-refractivity contribution in [2.45, 2.75) is 38.7 Å². The molecule has 21 heavy (non-hydrogen) atoms. The van der Waals surface area contributed by atoms with Gasteiger partial charge in [-0.1, -0.05) is 24.3 Å². The van der Waals surface area contributed by atoms with Crippen molar-refractivity contribution < 1.29 is 9.84 Å². The molecule has 3 rings (SSSR count). The van der Waals surface area contributed by atoms with Gasteiger partial charge in [-0.25, -0.2) is 0 Å². The summed E-state index contributed by atoms with van der Waals surface area (Å²) in [5, 5.41) is 23.4. The Hall–Kier alpha value is -1.39. The molecule has 1 unspecified atom stereocenters. The largest absolute Gasteiger partial charge is 0.618 e. The molecule has 0 saturated heterocycles. The maximum absolute atomic E-state index is 12.3. The van der Waals surface area contributed by atoms with Gasteiger partial charge in [-0.05, 0) is 49.8 Å². The number of benzene rings is 1. The first kappa shape index (κ1) is 16.0. The quantitative estimate of drug-likeness (QED) is 0.635. The van der Waals surface area contributed by atoms with Gasteiger partial charge < -0.3 is 10.3 Å². The fraction of sp³-hybridized carbons (Fsp3) is 0.353. The molecule has 0 fully saturated rings. The molecule has 4 heteroatoms. The smallest absolute Gasteiger partial charge is 0.229 e. The van der Waals surface area contributed by atoms with E-state index in [0.717, 1.165) is 39.8 Å². The van der Waals surface area contributed by atoms with Crippen molar-refractivity contribution in [2.75, 3.05) is 0 Å². The topological polar surface area (TPSA) is 47.2 Å². The molecule has 112 valence electrons. The Bertz CT molecular complexity index is 672. The van der Waals surface area contributed by atoms with Gasteiger partial charge in [-0.2, -0.15) is 4.73 Å². The van der Waals surface area contributed by atoms with E-state index in [2.05, 4.69) is 0 Å². The summed E-state index contributed by atoms with van der Waals surface area (Å²) in [6.07, 6.45) is 4.00. The fourth-order valence-electron chi connectivity index (χ4n) is 3.11. The maximum Gasteiger partial charge on any atom is 0.229 e. The number of hydrogen-bond donors (Lipinski definition) is 1. The molecule has 1 aliphatic rings. The second-order valence-electron chi connectivity index (χ2n) is 5.72. The molecule has 0 spiro atoms. The minimum Gasteiger partial charge on any atom is -0.618 e. The lowest BCUT2D eigenvalue weighted by Crippen LogP contribution is -2.45. The van der Waals surface area contributed by atoms with Crippen molar-refractivity contribution in [2.24, 2.45) is 0 Å². The number of halogens is 1. The van der Waals surface area contributed by atoms with E-state index in [9.17, 15) is 10.3 Å². The van der Waals surface area contributed by atoms with Crippen molar-refractivity contribution in [3.63, 3.8) is 0 Å². The first-order chi connectivity index (χ1) is 9.52. The van der Waals surface area contributed by atoms with Crippen LogP contribution in [0.2, 0.25) is 0 Å². The van der Waals surface area contributed by atoms with Crippen LogP contribution in [0.4, 0.5) is 0 Å². The number of rotatable bonds is 1. The second kappa shape index (κ2) is 5.78. The van der Waals surface area contributed by atoms with E-state index in [1.54, 1.807) is 6.20 Å². The summed E-state index contributed by atoms with van der Waals surface area (Å²) in [6.45, 7) is 3.88. The van der Waals surface area contributed by atoms with Crippen LogP contribution in [0.5, 0.6) is 0 Å². The predicted molar refractivity (Wildman–Crippen MR) is 87.6 cm³/mol. The van der Waals surface area contributed by atoms with Crippen LogP contribution in [0.1, 0.15) is 40.8 Å². The van der Waals surface area contributed by atoms with Gasteiger partial charge in [0.25, 0.3) is 0 Å². The van der Waals surface area contributed by atoms with Crippen molar-refractivity contribution in [1.29, 1.82) is 0 Å².